The van der Waals surface area contributed by atoms with Gasteiger partial charge in [-0.2, -0.15) is 0 Å². The molecule has 0 aromatic heterocycles. The molecule has 1 rings (SSSR count). The van der Waals surface area contributed by atoms with Crippen molar-refractivity contribution in [3.05, 3.63) is 27.7 Å². The number of hydrogen-bond donors (Lipinski definition) is 1. The number of aryl methyl sites for hydroxylation is 1. The van der Waals surface area contributed by atoms with Crippen LogP contribution in [-0.2, 0) is 16.0 Å². The highest BCUT2D eigenvalue weighted by Crippen LogP contribution is 2.28. The van der Waals surface area contributed by atoms with E-state index in [2.05, 4.69) is 40.3 Å². The molecule has 0 fully saturated rings. The zero-order valence-electron chi connectivity index (χ0n) is 12.5. The number of rotatable bonds is 10. The van der Waals surface area contributed by atoms with E-state index in [0.717, 1.165) is 40.9 Å². The molecule has 0 aliphatic rings. The third-order valence-corrected chi connectivity index (χ3v) is 3.25. The number of ether oxygens (including phenoxy) is 3. The fraction of sp³-hybridized carbons (Fsp3) is 0.600. The van der Waals surface area contributed by atoms with E-state index in [0.29, 0.717) is 19.8 Å². The van der Waals surface area contributed by atoms with E-state index in [1.54, 1.807) is 7.11 Å². The molecule has 0 aliphatic carbocycles. The molecule has 1 N–H and O–H groups in total. The highest BCUT2D eigenvalue weighted by molar-refractivity contribution is 9.10. The molecule has 0 spiro atoms. The Labute approximate surface area is 129 Å². The summed E-state index contributed by atoms with van der Waals surface area (Å²) in [5.74, 6) is 0.947. The third kappa shape index (κ3) is 6.22. The Morgan fingerprint density at radius 2 is 1.95 bits per heavy atom. The average molecular weight is 346 g/mol. The van der Waals surface area contributed by atoms with Crippen LogP contribution in [-0.4, -0.2) is 40.6 Å². The summed E-state index contributed by atoms with van der Waals surface area (Å²) in [5, 5.41) is 3.16. The first kappa shape index (κ1) is 17.4. The van der Waals surface area contributed by atoms with Crippen molar-refractivity contribution in [1.82, 2.24) is 5.32 Å². The van der Waals surface area contributed by atoms with E-state index in [9.17, 15) is 0 Å². The largest absolute Gasteiger partial charge is 0.491 e. The van der Waals surface area contributed by atoms with Gasteiger partial charge >= 0.3 is 0 Å². The van der Waals surface area contributed by atoms with Gasteiger partial charge in [-0.05, 0) is 38.1 Å². The van der Waals surface area contributed by atoms with Crippen LogP contribution >= 0.6 is 15.9 Å². The second-order valence-electron chi connectivity index (χ2n) is 4.55. The minimum absolute atomic E-state index is 0.562. The van der Waals surface area contributed by atoms with Crippen molar-refractivity contribution in [2.75, 3.05) is 40.6 Å². The van der Waals surface area contributed by atoms with Crippen LogP contribution in [0.5, 0.6) is 5.75 Å². The Bertz CT molecular complexity index is 399. The van der Waals surface area contributed by atoms with E-state index < -0.39 is 0 Å². The lowest BCUT2D eigenvalue weighted by molar-refractivity contribution is 0.0802. The van der Waals surface area contributed by atoms with Crippen LogP contribution in [0.1, 0.15) is 17.5 Å². The van der Waals surface area contributed by atoms with E-state index in [1.165, 1.54) is 0 Å². The van der Waals surface area contributed by atoms with Gasteiger partial charge < -0.3 is 19.5 Å². The van der Waals surface area contributed by atoms with E-state index >= 15 is 0 Å². The fourth-order valence-corrected chi connectivity index (χ4v) is 2.56. The summed E-state index contributed by atoms with van der Waals surface area (Å²) in [7, 11) is 3.63. The predicted molar refractivity (Wildman–Crippen MR) is 84.4 cm³/mol. The van der Waals surface area contributed by atoms with Gasteiger partial charge in [0, 0.05) is 36.9 Å². The van der Waals surface area contributed by atoms with Crippen molar-refractivity contribution in [2.24, 2.45) is 0 Å². The van der Waals surface area contributed by atoms with Gasteiger partial charge in [-0.25, -0.2) is 0 Å². The molecule has 0 aliphatic heterocycles. The second-order valence-corrected chi connectivity index (χ2v) is 5.46. The summed E-state index contributed by atoms with van der Waals surface area (Å²) in [4.78, 5) is 0. The summed E-state index contributed by atoms with van der Waals surface area (Å²) in [5.41, 5.74) is 2.28. The molecular weight excluding hydrogens is 322 g/mol. The summed E-state index contributed by atoms with van der Waals surface area (Å²) in [6, 6.07) is 4.15. The number of methoxy groups -OCH3 is 1. The first-order chi connectivity index (χ1) is 9.69. The molecule has 0 atom stereocenters. The van der Waals surface area contributed by atoms with E-state index in [4.69, 9.17) is 14.2 Å². The van der Waals surface area contributed by atoms with Gasteiger partial charge in [0.1, 0.15) is 12.4 Å². The van der Waals surface area contributed by atoms with Crippen LogP contribution in [0.4, 0.5) is 0 Å². The normalized spacial score (nSPS) is 10.8. The summed E-state index contributed by atoms with van der Waals surface area (Å²) >= 11 is 3.51. The lowest BCUT2D eigenvalue weighted by Gasteiger charge is -2.15. The van der Waals surface area contributed by atoms with Gasteiger partial charge in [-0.3, -0.25) is 0 Å². The van der Waals surface area contributed by atoms with Crippen molar-refractivity contribution in [1.29, 1.82) is 0 Å². The molecule has 0 saturated carbocycles. The van der Waals surface area contributed by atoms with E-state index in [1.807, 2.05) is 7.05 Å². The molecule has 0 radical (unpaired) electrons. The fourth-order valence-electron chi connectivity index (χ4n) is 1.94. The Morgan fingerprint density at radius 3 is 2.65 bits per heavy atom. The first-order valence-corrected chi connectivity index (χ1v) is 7.61. The van der Waals surface area contributed by atoms with Crippen LogP contribution in [0, 0.1) is 6.92 Å². The highest BCUT2D eigenvalue weighted by atomic mass is 79.9. The Hall–Kier alpha value is -0.620. The van der Waals surface area contributed by atoms with Gasteiger partial charge in [-0.15, -0.1) is 0 Å². The quantitative estimate of drug-likeness (QED) is 0.662. The molecule has 114 valence electrons. The Kier molecular flexibility index (Phi) is 8.85. The van der Waals surface area contributed by atoms with Crippen molar-refractivity contribution >= 4 is 15.9 Å². The summed E-state index contributed by atoms with van der Waals surface area (Å²) < 4.78 is 17.4. The minimum Gasteiger partial charge on any atom is -0.491 e. The van der Waals surface area contributed by atoms with Crippen molar-refractivity contribution in [3.8, 4) is 5.75 Å². The maximum absolute atomic E-state index is 5.86. The maximum Gasteiger partial charge on any atom is 0.126 e. The predicted octanol–water partition coefficient (Wildman–Crippen LogP) is 2.91. The number of halogens is 1. The highest BCUT2D eigenvalue weighted by Gasteiger charge is 2.08. The molecular formula is C15H24BrNO3. The number of nitrogens with one attached hydrogen (secondary N) is 1. The zero-order valence-corrected chi connectivity index (χ0v) is 14.1. The third-order valence-electron chi connectivity index (χ3n) is 2.79. The van der Waals surface area contributed by atoms with Crippen LogP contribution in [0.25, 0.3) is 0 Å². The lowest BCUT2D eigenvalue weighted by atomic mass is 10.1. The summed E-state index contributed by atoms with van der Waals surface area (Å²) in [6.45, 7) is 5.44. The van der Waals surface area contributed by atoms with Crippen LogP contribution in [0.3, 0.4) is 0 Å². The first-order valence-electron chi connectivity index (χ1n) is 6.82. The van der Waals surface area contributed by atoms with Gasteiger partial charge in [0.15, 0.2) is 0 Å². The maximum atomic E-state index is 5.86. The monoisotopic (exact) mass is 345 g/mol. The second kappa shape index (κ2) is 10.2. The standard InChI is InChI=1S/C15H24BrNO3/c1-12-9-14(16)10-13(11-17-2)15(12)20-8-7-19-6-4-5-18-3/h9-10,17H,4-8,11H2,1-3H3. The van der Waals surface area contributed by atoms with Crippen molar-refractivity contribution in [2.45, 2.75) is 19.9 Å². The zero-order chi connectivity index (χ0) is 14.8. The number of hydrogen-bond acceptors (Lipinski definition) is 4. The smallest absolute Gasteiger partial charge is 0.126 e. The molecule has 4 nitrogen and oxygen atoms in total. The van der Waals surface area contributed by atoms with Crippen molar-refractivity contribution in [3.63, 3.8) is 0 Å². The SMILES string of the molecule is CNCc1cc(Br)cc(C)c1OCCOCCCOC. The molecule has 0 saturated heterocycles. The van der Waals surface area contributed by atoms with Gasteiger partial charge in [0.2, 0.25) is 0 Å². The summed E-state index contributed by atoms with van der Waals surface area (Å²) in [6.07, 6.45) is 0.915. The molecule has 1 aromatic carbocycles. The molecule has 1 aromatic rings. The minimum atomic E-state index is 0.562. The lowest BCUT2D eigenvalue weighted by Crippen LogP contribution is -2.12. The van der Waals surface area contributed by atoms with Gasteiger partial charge in [0.25, 0.3) is 0 Å². The molecule has 0 bridgehead atoms. The van der Waals surface area contributed by atoms with Gasteiger partial charge in [0.05, 0.1) is 6.61 Å². The Balaban J connectivity index is 2.42. The molecule has 20 heavy (non-hydrogen) atoms. The van der Waals surface area contributed by atoms with E-state index in [-0.39, 0.29) is 0 Å². The Morgan fingerprint density at radius 1 is 1.15 bits per heavy atom. The van der Waals surface area contributed by atoms with Crippen LogP contribution in [0.15, 0.2) is 16.6 Å². The molecule has 0 heterocycles. The molecule has 5 heteroatoms. The topological polar surface area (TPSA) is 39.7 Å². The average Bonchev–Trinajstić information content (AvgIpc) is 2.40. The number of benzene rings is 1. The molecule has 0 unspecified atom stereocenters. The van der Waals surface area contributed by atoms with Crippen LogP contribution < -0.4 is 10.1 Å². The van der Waals surface area contributed by atoms with Crippen molar-refractivity contribution < 1.29 is 14.2 Å². The van der Waals surface area contributed by atoms with Crippen LogP contribution in [0.2, 0.25) is 0 Å². The van der Waals surface area contributed by atoms with Gasteiger partial charge in [-0.1, -0.05) is 15.9 Å². The molecule has 0 amide bonds.